The zero-order valence-electron chi connectivity index (χ0n) is 32.2. The molecule has 2 aliphatic heterocycles. The number of para-hydroxylation sites is 3. The summed E-state index contributed by atoms with van der Waals surface area (Å²) < 4.78 is 0. The van der Waals surface area contributed by atoms with Gasteiger partial charge in [0.1, 0.15) is 0 Å². The van der Waals surface area contributed by atoms with Gasteiger partial charge in [0.05, 0.1) is 0 Å². The lowest BCUT2D eigenvalue weighted by molar-refractivity contribution is 0.313. The predicted octanol–water partition coefficient (Wildman–Crippen LogP) is 12.6. The minimum absolute atomic E-state index is 0.0797. The van der Waals surface area contributed by atoms with Crippen molar-refractivity contribution in [3.8, 4) is 11.1 Å². The minimum Gasteiger partial charge on any atom is -0.315 e. The molecule has 0 amide bonds. The first-order chi connectivity index (χ1) is 28.1. The van der Waals surface area contributed by atoms with Gasteiger partial charge in [-0.15, -0.1) is 0 Å². The molecule has 7 aromatic rings. The van der Waals surface area contributed by atoms with E-state index in [1.165, 1.54) is 56.0 Å². The Balaban J connectivity index is 1.19. The average molecular weight is 732 g/mol. The van der Waals surface area contributed by atoms with Crippen LogP contribution in [0, 0.1) is 17.3 Å². The van der Waals surface area contributed by atoms with Gasteiger partial charge in [0, 0.05) is 56.6 Å². The first-order valence-corrected chi connectivity index (χ1v) is 20.2. The lowest BCUT2D eigenvalue weighted by Gasteiger charge is -2.46. The van der Waals surface area contributed by atoms with Crippen LogP contribution in [-0.2, 0) is 0 Å². The molecule has 3 nitrogen and oxygen atoms in total. The second kappa shape index (κ2) is 13.2. The van der Waals surface area contributed by atoms with Crippen molar-refractivity contribution < 1.29 is 0 Å². The number of anilines is 8. The second-order valence-electron chi connectivity index (χ2n) is 16.2. The normalized spacial score (nSPS) is 18.2. The molecule has 0 N–H and O–H groups in total. The molecule has 272 valence electrons. The summed E-state index contributed by atoms with van der Waals surface area (Å²) in [7, 11) is 0. The first kappa shape index (κ1) is 33.6. The van der Waals surface area contributed by atoms with E-state index < -0.39 is 0 Å². The molecule has 0 bridgehead atoms. The Kier molecular flexibility index (Phi) is 7.75. The summed E-state index contributed by atoms with van der Waals surface area (Å²) in [5.41, 5.74) is 17.4. The lowest BCUT2D eigenvalue weighted by Crippen LogP contribution is -2.56. The molecule has 4 heteroatoms. The molecule has 4 aliphatic rings. The van der Waals surface area contributed by atoms with Crippen LogP contribution in [-0.4, -0.2) is 6.71 Å². The Morgan fingerprint density at radius 2 is 1.07 bits per heavy atom. The molecule has 57 heavy (non-hydrogen) atoms. The van der Waals surface area contributed by atoms with Crippen LogP contribution in [0.15, 0.2) is 217 Å². The molecule has 2 heterocycles. The number of hydrogen-bond acceptors (Lipinski definition) is 3. The molecule has 7 aromatic carbocycles. The largest absolute Gasteiger partial charge is 0.315 e. The molecule has 2 aliphatic carbocycles. The van der Waals surface area contributed by atoms with Crippen LogP contribution in [0.2, 0.25) is 0 Å². The Morgan fingerprint density at radius 3 is 1.77 bits per heavy atom. The minimum atomic E-state index is -0.133. The van der Waals surface area contributed by atoms with Crippen molar-refractivity contribution in [2.75, 3.05) is 14.7 Å². The topological polar surface area (TPSA) is 9.72 Å². The van der Waals surface area contributed by atoms with Crippen LogP contribution >= 0.6 is 0 Å². The van der Waals surface area contributed by atoms with E-state index in [-0.39, 0.29) is 18.0 Å². The van der Waals surface area contributed by atoms with Gasteiger partial charge in [-0.05, 0) is 107 Å². The maximum Gasteiger partial charge on any atom is 0.247 e. The maximum absolute atomic E-state index is 2.63. The van der Waals surface area contributed by atoms with E-state index >= 15 is 0 Å². The molecule has 0 spiro atoms. The number of fused-ring (bicyclic) bond motifs is 5. The van der Waals surface area contributed by atoms with Crippen LogP contribution in [0.4, 0.5) is 45.5 Å². The summed E-state index contributed by atoms with van der Waals surface area (Å²) in [5.74, 6) is 0.610. The van der Waals surface area contributed by atoms with Gasteiger partial charge in [0.25, 0.3) is 0 Å². The molecular weight excluding hydrogens is 689 g/mol. The van der Waals surface area contributed by atoms with Crippen LogP contribution < -0.4 is 25.6 Å². The predicted molar refractivity (Wildman–Crippen MR) is 241 cm³/mol. The highest BCUT2D eigenvalue weighted by molar-refractivity contribution is 6.95. The van der Waals surface area contributed by atoms with Crippen molar-refractivity contribution >= 4 is 63.1 Å². The van der Waals surface area contributed by atoms with Crippen molar-refractivity contribution in [3.05, 3.63) is 217 Å². The highest BCUT2D eigenvalue weighted by Gasteiger charge is 2.56. The smallest absolute Gasteiger partial charge is 0.247 e. The van der Waals surface area contributed by atoms with Crippen LogP contribution in [0.25, 0.3) is 11.1 Å². The SMILES string of the molecule is CC1(C)C2=C(B3c4ccc(N(c5ccccc5)c5ccccc5)cc4N(c4ccccc4)c4cccc(c43)N2c2cccc(-c3ccccc3)c2)C2C=CC=CC21. The fourth-order valence-corrected chi connectivity index (χ4v) is 10.3. The second-order valence-corrected chi connectivity index (χ2v) is 16.2. The van der Waals surface area contributed by atoms with E-state index in [2.05, 4.69) is 235 Å². The van der Waals surface area contributed by atoms with Crippen LogP contribution in [0.1, 0.15) is 13.8 Å². The van der Waals surface area contributed by atoms with Gasteiger partial charge in [-0.2, -0.15) is 0 Å². The van der Waals surface area contributed by atoms with Crippen molar-refractivity contribution in [1.82, 2.24) is 0 Å². The van der Waals surface area contributed by atoms with E-state index in [1.54, 1.807) is 0 Å². The molecular formula is C53H42BN3. The number of hydrogen-bond donors (Lipinski definition) is 0. The van der Waals surface area contributed by atoms with Crippen LogP contribution in [0.5, 0.6) is 0 Å². The van der Waals surface area contributed by atoms with Crippen molar-refractivity contribution in [2.24, 2.45) is 17.3 Å². The molecule has 2 atom stereocenters. The Morgan fingerprint density at radius 1 is 0.491 bits per heavy atom. The van der Waals surface area contributed by atoms with Crippen molar-refractivity contribution in [3.63, 3.8) is 0 Å². The number of allylic oxidation sites excluding steroid dienone is 6. The van der Waals surface area contributed by atoms with Gasteiger partial charge in [-0.3, -0.25) is 0 Å². The van der Waals surface area contributed by atoms with Crippen molar-refractivity contribution in [2.45, 2.75) is 13.8 Å². The molecule has 0 saturated heterocycles. The standard InChI is InChI=1S/C53H42BN3/c1-53(2)45-30-16-15-29-44(45)50-52(53)57(42-28-17-21-38(35-42)37-19-7-3-8-20-37)48-32-18-31-47-51(48)54(50)46-34-33-43(36-49(46)56(47)41-26-13-6-14-27-41)55(39-22-9-4-10-23-39)40-24-11-5-12-25-40/h3-36,44-45H,1-2H3. The summed E-state index contributed by atoms with van der Waals surface area (Å²) in [5, 5.41) is 0. The Hall–Kier alpha value is -6.78. The van der Waals surface area contributed by atoms with E-state index in [0.29, 0.717) is 5.92 Å². The van der Waals surface area contributed by atoms with E-state index in [0.717, 1.165) is 22.7 Å². The van der Waals surface area contributed by atoms with Gasteiger partial charge in [0.2, 0.25) is 6.71 Å². The van der Waals surface area contributed by atoms with Gasteiger partial charge in [-0.25, -0.2) is 0 Å². The molecule has 2 unspecified atom stereocenters. The summed E-state index contributed by atoms with van der Waals surface area (Å²) in [6.07, 6.45) is 9.48. The average Bonchev–Trinajstić information content (AvgIpc) is 3.51. The quantitative estimate of drug-likeness (QED) is 0.158. The third kappa shape index (κ3) is 5.21. The van der Waals surface area contributed by atoms with Gasteiger partial charge in [-0.1, -0.05) is 153 Å². The Labute approximate surface area is 336 Å². The molecule has 0 radical (unpaired) electrons. The zero-order valence-corrected chi connectivity index (χ0v) is 32.2. The van der Waals surface area contributed by atoms with Crippen molar-refractivity contribution in [1.29, 1.82) is 0 Å². The van der Waals surface area contributed by atoms with Gasteiger partial charge < -0.3 is 14.7 Å². The summed E-state index contributed by atoms with van der Waals surface area (Å²) in [6.45, 7) is 5.02. The first-order valence-electron chi connectivity index (χ1n) is 20.2. The number of rotatable bonds is 6. The maximum atomic E-state index is 2.63. The molecule has 0 saturated carbocycles. The molecule has 11 rings (SSSR count). The highest BCUT2D eigenvalue weighted by Crippen LogP contribution is 2.59. The van der Waals surface area contributed by atoms with E-state index in [1.807, 2.05) is 0 Å². The molecule has 0 aromatic heterocycles. The van der Waals surface area contributed by atoms with Gasteiger partial charge in [0.15, 0.2) is 0 Å². The summed E-state index contributed by atoms with van der Waals surface area (Å²) in [4.78, 5) is 7.53. The third-order valence-corrected chi connectivity index (χ3v) is 12.7. The highest BCUT2D eigenvalue weighted by atomic mass is 15.2. The van der Waals surface area contributed by atoms with E-state index in [9.17, 15) is 0 Å². The Bertz CT molecular complexity index is 2700. The van der Waals surface area contributed by atoms with Crippen LogP contribution in [0.3, 0.4) is 0 Å². The third-order valence-electron chi connectivity index (χ3n) is 12.7. The zero-order chi connectivity index (χ0) is 38.1. The summed E-state index contributed by atoms with van der Waals surface area (Å²) >= 11 is 0. The number of nitrogens with zero attached hydrogens (tertiary/aromatic N) is 3. The molecule has 0 fully saturated rings. The lowest BCUT2D eigenvalue weighted by atomic mass is 9.31. The monoisotopic (exact) mass is 731 g/mol. The summed E-state index contributed by atoms with van der Waals surface area (Å²) in [6, 6.07) is 66.5. The van der Waals surface area contributed by atoms with Gasteiger partial charge >= 0.3 is 0 Å². The fourth-order valence-electron chi connectivity index (χ4n) is 10.3. The van der Waals surface area contributed by atoms with E-state index in [4.69, 9.17) is 0 Å². The fraction of sp³-hybridized carbons (Fsp3) is 0.0943. The number of benzene rings is 7.